The van der Waals surface area contributed by atoms with Crippen molar-refractivity contribution < 1.29 is 12.8 Å². The number of nitrogens with one attached hydrogen (secondary N) is 1. The van der Waals surface area contributed by atoms with Crippen molar-refractivity contribution in [3.8, 4) is 0 Å². The van der Waals surface area contributed by atoms with Crippen molar-refractivity contribution in [3.63, 3.8) is 0 Å². The molecule has 0 saturated carbocycles. The van der Waals surface area contributed by atoms with Crippen LogP contribution < -0.4 is 26.1 Å². The molecule has 1 aliphatic heterocycles. The zero-order valence-electron chi connectivity index (χ0n) is 16.0. The Morgan fingerprint density at radius 3 is 2.65 bits per heavy atom. The van der Waals surface area contributed by atoms with Crippen LogP contribution in [0.1, 0.15) is 11.7 Å². The number of fused-ring (bicyclic) bond motifs is 1. The molecule has 0 fully saturated rings. The number of thiophene rings is 1. The molecule has 3 N–H and O–H groups in total. The van der Waals surface area contributed by atoms with Gasteiger partial charge in [0, 0.05) is 29.3 Å². The third-order valence-electron chi connectivity index (χ3n) is 4.80. The second-order valence-corrected chi connectivity index (χ2v) is 9.63. The molecule has 0 radical (unpaired) electrons. The molecule has 1 unspecified atom stereocenters. The molecule has 10 heteroatoms. The van der Waals surface area contributed by atoms with E-state index in [9.17, 15) is 8.42 Å². The van der Waals surface area contributed by atoms with Crippen LogP contribution in [0.4, 0.5) is 11.4 Å². The minimum atomic E-state index is -3.62. The van der Waals surface area contributed by atoms with E-state index < -0.39 is 16.2 Å². The van der Waals surface area contributed by atoms with Crippen LogP contribution >= 0.6 is 11.3 Å². The van der Waals surface area contributed by atoms with E-state index >= 15 is 0 Å². The van der Waals surface area contributed by atoms with E-state index in [2.05, 4.69) is 9.71 Å². The topological polar surface area (TPSA) is 114 Å². The van der Waals surface area contributed by atoms with Gasteiger partial charge >= 0.3 is 0 Å². The van der Waals surface area contributed by atoms with Crippen LogP contribution in [0.2, 0.25) is 0 Å². The van der Waals surface area contributed by atoms with Gasteiger partial charge in [0.15, 0.2) is 6.17 Å². The zero-order chi connectivity index (χ0) is 21.4. The standard InChI is InChI=1S/C21H17N5O3S2/c22-19-17-9-11-29-21(17)24-20(14-3-1-10-23-13-14)26(19)16-7-5-15(6-8-16)25-31(27,28)18-4-2-12-30-18/h1-13,20,25H,22H2. The van der Waals surface area contributed by atoms with E-state index in [0.717, 1.165) is 22.6 Å². The lowest BCUT2D eigenvalue weighted by Crippen LogP contribution is -2.43. The van der Waals surface area contributed by atoms with E-state index in [-0.39, 0.29) is 4.21 Å². The molecule has 0 bridgehead atoms. The number of rotatable bonds is 5. The summed E-state index contributed by atoms with van der Waals surface area (Å²) >= 11 is 1.16. The van der Waals surface area contributed by atoms with Gasteiger partial charge in [-0.25, -0.2) is 13.4 Å². The summed E-state index contributed by atoms with van der Waals surface area (Å²) in [6.07, 6.45) is 4.50. The van der Waals surface area contributed by atoms with E-state index in [1.165, 1.54) is 0 Å². The highest BCUT2D eigenvalue weighted by Gasteiger charge is 2.27. The van der Waals surface area contributed by atoms with Gasteiger partial charge in [-0.2, -0.15) is 0 Å². The number of anilines is 2. The number of aromatic nitrogens is 1. The van der Waals surface area contributed by atoms with Crippen LogP contribution in [0.3, 0.4) is 0 Å². The maximum absolute atomic E-state index is 12.5. The summed E-state index contributed by atoms with van der Waals surface area (Å²) in [6.45, 7) is 0. The second kappa shape index (κ2) is 7.56. The Bertz CT molecular complexity index is 1430. The number of sulfonamides is 1. The van der Waals surface area contributed by atoms with Crippen molar-refractivity contribution in [1.29, 1.82) is 0 Å². The molecular weight excluding hydrogens is 434 g/mol. The molecule has 1 atom stereocenters. The Morgan fingerprint density at radius 2 is 1.94 bits per heavy atom. The number of nitrogens with zero attached hydrogens (tertiary/aromatic N) is 3. The summed E-state index contributed by atoms with van der Waals surface area (Å²) in [7, 11) is -3.62. The summed E-state index contributed by atoms with van der Waals surface area (Å²) < 4.78 is 33.3. The SMILES string of the molecule is NC1=c2ccoc2=NC(c2cccnc2)N1c1ccc(NS(=O)(=O)c2cccs2)cc1. The van der Waals surface area contributed by atoms with Crippen LogP contribution in [0, 0.1) is 0 Å². The van der Waals surface area contributed by atoms with Gasteiger partial charge in [0.2, 0.25) is 5.55 Å². The first kappa shape index (κ1) is 19.3. The quantitative estimate of drug-likeness (QED) is 0.482. The number of furan rings is 1. The zero-order valence-corrected chi connectivity index (χ0v) is 17.7. The molecule has 1 aromatic carbocycles. The van der Waals surface area contributed by atoms with Gasteiger partial charge in [-0.05, 0) is 47.8 Å². The maximum atomic E-state index is 12.5. The summed E-state index contributed by atoms with van der Waals surface area (Å²) in [5.41, 5.74) is 9.00. The lowest BCUT2D eigenvalue weighted by molar-refractivity contribution is 0.483. The Labute approximate surface area is 182 Å². The minimum absolute atomic E-state index is 0.258. The van der Waals surface area contributed by atoms with Gasteiger partial charge in [0.25, 0.3) is 10.0 Å². The summed E-state index contributed by atoms with van der Waals surface area (Å²) in [5.74, 6) is 0.486. The predicted molar refractivity (Wildman–Crippen MR) is 118 cm³/mol. The highest BCUT2D eigenvalue weighted by molar-refractivity contribution is 7.94. The molecular formula is C21H17N5O3S2. The highest BCUT2D eigenvalue weighted by atomic mass is 32.2. The molecule has 5 rings (SSSR count). The van der Waals surface area contributed by atoms with Crippen molar-refractivity contribution in [3.05, 3.63) is 95.0 Å². The van der Waals surface area contributed by atoms with Gasteiger partial charge in [0.1, 0.15) is 10.0 Å². The van der Waals surface area contributed by atoms with Gasteiger partial charge in [-0.3, -0.25) is 9.71 Å². The van der Waals surface area contributed by atoms with E-state index in [1.807, 2.05) is 17.0 Å². The molecule has 3 aromatic heterocycles. The van der Waals surface area contributed by atoms with Crippen molar-refractivity contribution >= 4 is 38.6 Å². The van der Waals surface area contributed by atoms with E-state index in [4.69, 9.17) is 15.1 Å². The second-order valence-electron chi connectivity index (χ2n) is 6.77. The molecule has 0 saturated heterocycles. The fourth-order valence-electron chi connectivity index (χ4n) is 3.37. The Kier molecular flexibility index (Phi) is 4.72. The largest absolute Gasteiger partial charge is 0.446 e. The Balaban J connectivity index is 1.52. The number of pyridine rings is 1. The average molecular weight is 452 g/mol. The molecule has 8 nitrogen and oxygen atoms in total. The Morgan fingerprint density at radius 1 is 1.10 bits per heavy atom. The van der Waals surface area contributed by atoms with Crippen LogP contribution in [0.25, 0.3) is 5.82 Å². The fourth-order valence-corrected chi connectivity index (χ4v) is 5.42. The monoisotopic (exact) mass is 451 g/mol. The minimum Gasteiger partial charge on any atom is -0.446 e. The van der Waals surface area contributed by atoms with E-state index in [0.29, 0.717) is 22.3 Å². The smallest absolute Gasteiger partial charge is 0.271 e. The van der Waals surface area contributed by atoms with Crippen LogP contribution in [0.15, 0.2) is 92.3 Å². The Hall–Kier alpha value is -3.63. The number of nitrogens with two attached hydrogens (primary N) is 1. The first-order valence-corrected chi connectivity index (χ1v) is 11.7. The van der Waals surface area contributed by atoms with E-state index in [1.54, 1.807) is 66.5 Å². The lowest BCUT2D eigenvalue weighted by Gasteiger charge is -2.32. The summed E-state index contributed by atoms with van der Waals surface area (Å²) in [4.78, 5) is 10.8. The molecule has 0 amide bonds. The van der Waals surface area contributed by atoms with Crippen molar-refractivity contribution in [1.82, 2.24) is 4.98 Å². The predicted octanol–water partition coefficient (Wildman–Crippen LogP) is 2.40. The molecule has 4 aromatic rings. The number of benzene rings is 1. The highest BCUT2D eigenvalue weighted by Crippen LogP contribution is 2.32. The van der Waals surface area contributed by atoms with Crippen LogP contribution in [-0.2, 0) is 10.0 Å². The number of hydrogen-bond donors (Lipinski definition) is 2. The van der Waals surface area contributed by atoms with Crippen LogP contribution in [-0.4, -0.2) is 13.4 Å². The molecule has 0 spiro atoms. The van der Waals surface area contributed by atoms with Gasteiger partial charge in [-0.1, -0.05) is 12.1 Å². The molecule has 0 aliphatic carbocycles. The van der Waals surface area contributed by atoms with Crippen molar-refractivity contribution in [2.24, 2.45) is 10.7 Å². The third kappa shape index (κ3) is 3.56. The first-order chi connectivity index (χ1) is 15.0. The van der Waals surface area contributed by atoms with Crippen LogP contribution in [0.5, 0.6) is 0 Å². The average Bonchev–Trinajstić information content (AvgIpc) is 3.48. The third-order valence-corrected chi connectivity index (χ3v) is 7.58. The summed E-state index contributed by atoms with van der Waals surface area (Å²) in [5, 5.41) is 2.42. The summed E-state index contributed by atoms with van der Waals surface area (Å²) in [6, 6.07) is 15.8. The molecule has 1 aliphatic rings. The van der Waals surface area contributed by atoms with Gasteiger partial charge in [-0.15, -0.1) is 11.3 Å². The number of hydrogen-bond acceptors (Lipinski definition) is 8. The van der Waals surface area contributed by atoms with Gasteiger partial charge < -0.3 is 15.1 Å². The maximum Gasteiger partial charge on any atom is 0.271 e. The first-order valence-electron chi connectivity index (χ1n) is 9.29. The fraction of sp³-hybridized carbons (Fsp3) is 0.0476. The van der Waals surface area contributed by atoms with Crippen molar-refractivity contribution in [2.45, 2.75) is 10.4 Å². The molecule has 156 valence electrons. The molecule has 31 heavy (non-hydrogen) atoms. The lowest BCUT2D eigenvalue weighted by atomic mass is 10.1. The normalized spacial score (nSPS) is 15.9. The van der Waals surface area contributed by atoms with Gasteiger partial charge in [0.05, 0.1) is 11.5 Å². The van der Waals surface area contributed by atoms with Crippen molar-refractivity contribution in [2.75, 3.05) is 9.62 Å². The molecule has 4 heterocycles.